The van der Waals surface area contributed by atoms with E-state index in [0.717, 1.165) is 12.8 Å². The van der Waals surface area contributed by atoms with E-state index in [2.05, 4.69) is 29.5 Å². The van der Waals surface area contributed by atoms with Gasteiger partial charge in [0.2, 0.25) is 0 Å². The molecule has 0 aliphatic rings. The van der Waals surface area contributed by atoms with E-state index in [-0.39, 0.29) is 11.9 Å². The lowest BCUT2D eigenvalue weighted by Crippen LogP contribution is -2.32. The Morgan fingerprint density at radius 3 is 2.60 bits per heavy atom. The summed E-state index contributed by atoms with van der Waals surface area (Å²) in [6.07, 6.45) is 3.30. The Kier molecular flexibility index (Phi) is 6.79. The first kappa shape index (κ1) is 16.8. The van der Waals surface area contributed by atoms with Crippen LogP contribution in [0.4, 0.5) is 5.82 Å². The zero-order valence-corrected chi connectivity index (χ0v) is 13.4. The van der Waals surface area contributed by atoms with Gasteiger partial charge >= 0.3 is 0 Å². The highest BCUT2D eigenvalue weighted by molar-refractivity contribution is 6.29. The summed E-state index contributed by atoms with van der Waals surface area (Å²) in [5, 5.41) is 6.20. The van der Waals surface area contributed by atoms with E-state index in [1.54, 1.807) is 19.2 Å². The molecule has 0 saturated heterocycles. The second kappa shape index (κ2) is 8.10. The van der Waals surface area contributed by atoms with E-state index in [9.17, 15) is 4.79 Å². The molecule has 1 aromatic rings. The van der Waals surface area contributed by atoms with Gasteiger partial charge in [0.05, 0.1) is 0 Å². The minimum atomic E-state index is -0.108. The van der Waals surface area contributed by atoms with Gasteiger partial charge in [-0.05, 0) is 31.4 Å². The van der Waals surface area contributed by atoms with E-state index in [4.69, 9.17) is 11.6 Å². The van der Waals surface area contributed by atoms with Crippen molar-refractivity contribution < 1.29 is 4.79 Å². The van der Waals surface area contributed by atoms with Crippen LogP contribution in [0, 0.1) is 5.92 Å². The maximum Gasteiger partial charge on any atom is 0.251 e. The van der Waals surface area contributed by atoms with Crippen molar-refractivity contribution in [2.75, 3.05) is 12.4 Å². The molecule has 1 aromatic heterocycles. The van der Waals surface area contributed by atoms with Crippen LogP contribution in [-0.2, 0) is 0 Å². The highest BCUT2D eigenvalue weighted by Crippen LogP contribution is 2.15. The average molecular weight is 298 g/mol. The Balaban J connectivity index is 2.55. The Labute approximate surface area is 126 Å². The Morgan fingerprint density at radius 1 is 1.30 bits per heavy atom. The summed E-state index contributed by atoms with van der Waals surface area (Å²) in [6, 6.07) is 3.44. The molecule has 0 spiro atoms. The molecular formula is C15H24ClN3O. The van der Waals surface area contributed by atoms with Gasteiger partial charge in [-0.15, -0.1) is 0 Å². The minimum absolute atomic E-state index is 0.108. The number of nitrogens with one attached hydrogen (secondary N) is 2. The van der Waals surface area contributed by atoms with Crippen LogP contribution in [0.25, 0.3) is 0 Å². The first-order valence-corrected chi connectivity index (χ1v) is 7.46. The first-order chi connectivity index (χ1) is 9.42. The molecule has 0 aliphatic carbocycles. The summed E-state index contributed by atoms with van der Waals surface area (Å²) >= 11 is 5.90. The number of hydrogen-bond donors (Lipinski definition) is 2. The van der Waals surface area contributed by atoms with Crippen molar-refractivity contribution >= 4 is 23.3 Å². The lowest BCUT2D eigenvalue weighted by atomic mass is 10.0. The van der Waals surface area contributed by atoms with Crippen molar-refractivity contribution in [1.82, 2.24) is 10.3 Å². The zero-order chi connectivity index (χ0) is 15.1. The molecule has 1 heterocycles. The van der Waals surface area contributed by atoms with Crippen molar-refractivity contribution in [2.24, 2.45) is 5.92 Å². The number of hydrogen-bond acceptors (Lipinski definition) is 3. The molecule has 0 radical (unpaired) electrons. The van der Waals surface area contributed by atoms with Crippen molar-refractivity contribution in [3.63, 3.8) is 0 Å². The van der Waals surface area contributed by atoms with Crippen molar-refractivity contribution in [1.29, 1.82) is 0 Å². The smallest absolute Gasteiger partial charge is 0.251 e. The number of carbonyl (C=O) groups excluding carboxylic acids is 1. The molecule has 1 amide bonds. The largest absolute Gasteiger partial charge is 0.373 e. The third kappa shape index (κ3) is 5.78. The number of nitrogens with zero attached hydrogens (tertiary/aromatic N) is 1. The molecular weight excluding hydrogens is 274 g/mol. The zero-order valence-electron chi connectivity index (χ0n) is 12.7. The molecule has 5 heteroatoms. The number of halogens is 1. The van der Waals surface area contributed by atoms with Gasteiger partial charge in [0.15, 0.2) is 0 Å². The number of amides is 1. The van der Waals surface area contributed by atoms with E-state index in [1.165, 1.54) is 6.42 Å². The monoisotopic (exact) mass is 297 g/mol. The number of aromatic nitrogens is 1. The van der Waals surface area contributed by atoms with Crippen LogP contribution in [0.5, 0.6) is 0 Å². The number of pyridine rings is 1. The molecule has 2 N–H and O–H groups in total. The Hall–Kier alpha value is -1.29. The fraction of sp³-hybridized carbons (Fsp3) is 0.600. The predicted octanol–water partition coefficient (Wildman–Crippen LogP) is 3.72. The SMILES string of the molecule is CNc1cc(C(=O)NC(C)CCCC(C)C)cc(Cl)n1. The molecule has 0 aromatic carbocycles. The average Bonchev–Trinajstić information content (AvgIpc) is 2.37. The van der Waals surface area contributed by atoms with Gasteiger partial charge in [0.25, 0.3) is 5.91 Å². The highest BCUT2D eigenvalue weighted by atomic mass is 35.5. The second-order valence-corrected chi connectivity index (χ2v) is 5.90. The Bertz CT molecular complexity index is 449. The molecule has 4 nitrogen and oxygen atoms in total. The van der Waals surface area contributed by atoms with Crippen LogP contribution in [0.1, 0.15) is 50.4 Å². The van der Waals surface area contributed by atoms with E-state index >= 15 is 0 Å². The summed E-state index contributed by atoms with van der Waals surface area (Å²) < 4.78 is 0. The summed E-state index contributed by atoms with van der Waals surface area (Å²) in [6.45, 7) is 6.45. The number of rotatable bonds is 7. The molecule has 0 bridgehead atoms. The minimum Gasteiger partial charge on any atom is -0.373 e. The maximum atomic E-state index is 12.1. The highest BCUT2D eigenvalue weighted by Gasteiger charge is 2.12. The van der Waals surface area contributed by atoms with Gasteiger partial charge in [-0.1, -0.05) is 38.3 Å². The van der Waals surface area contributed by atoms with Gasteiger partial charge in [-0.3, -0.25) is 4.79 Å². The molecule has 0 fully saturated rings. The summed E-state index contributed by atoms with van der Waals surface area (Å²) in [5.41, 5.74) is 0.532. The van der Waals surface area contributed by atoms with Crippen molar-refractivity contribution in [2.45, 2.75) is 46.1 Å². The van der Waals surface area contributed by atoms with Gasteiger partial charge < -0.3 is 10.6 Å². The normalized spacial score (nSPS) is 12.3. The fourth-order valence-electron chi connectivity index (χ4n) is 1.97. The number of anilines is 1. The fourth-order valence-corrected chi connectivity index (χ4v) is 2.18. The van der Waals surface area contributed by atoms with Crippen LogP contribution in [0.15, 0.2) is 12.1 Å². The molecule has 0 saturated carbocycles. The maximum absolute atomic E-state index is 12.1. The quantitative estimate of drug-likeness (QED) is 0.754. The topological polar surface area (TPSA) is 54.0 Å². The second-order valence-electron chi connectivity index (χ2n) is 5.51. The van der Waals surface area contributed by atoms with Gasteiger partial charge in [0.1, 0.15) is 11.0 Å². The third-order valence-corrected chi connectivity index (χ3v) is 3.30. The molecule has 1 atom stereocenters. The predicted molar refractivity (Wildman–Crippen MR) is 84.4 cm³/mol. The molecule has 0 aliphatic heterocycles. The molecule has 1 rings (SSSR count). The number of carbonyl (C=O) groups is 1. The van der Waals surface area contributed by atoms with Gasteiger partial charge in [-0.2, -0.15) is 0 Å². The molecule has 1 unspecified atom stereocenters. The van der Waals surface area contributed by atoms with Crippen LogP contribution < -0.4 is 10.6 Å². The summed E-state index contributed by atoms with van der Waals surface area (Å²) in [7, 11) is 1.74. The van der Waals surface area contributed by atoms with E-state index < -0.39 is 0 Å². The molecule has 20 heavy (non-hydrogen) atoms. The van der Waals surface area contributed by atoms with Crippen LogP contribution in [-0.4, -0.2) is 24.0 Å². The molecule has 112 valence electrons. The lowest BCUT2D eigenvalue weighted by Gasteiger charge is -2.15. The van der Waals surface area contributed by atoms with Crippen LogP contribution in [0.3, 0.4) is 0 Å². The summed E-state index contributed by atoms with van der Waals surface area (Å²) in [5.74, 6) is 1.19. The third-order valence-electron chi connectivity index (χ3n) is 3.11. The van der Waals surface area contributed by atoms with E-state index in [1.807, 2.05) is 6.92 Å². The van der Waals surface area contributed by atoms with Crippen molar-refractivity contribution in [3.8, 4) is 0 Å². The Morgan fingerprint density at radius 2 is 2.00 bits per heavy atom. The van der Waals surface area contributed by atoms with Gasteiger partial charge in [-0.25, -0.2) is 4.98 Å². The summed E-state index contributed by atoms with van der Waals surface area (Å²) in [4.78, 5) is 16.2. The standard InChI is InChI=1S/C15H24ClN3O/c1-10(2)6-5-7-11(3)18-15(20)12-8-13(16)19-14(9-12)17-4/h8-11H,5-7H2,1-4H3,(H,17,19)(H,18,20). The first-order valence-electron chi connectivity index (χ1n) is 7.08. The van der Waals surface area contributed by atoms with Crippen LogP contribution >= 0.6 is 11.6 Å². The van der Waals surface area contributed by atoms with E-state index in [0.29, 0.717) is 22.5 Å². The van der Waals surface area contributed by atoms with Crippen LogP contribution in [0.2, 0.25) is 5.15 Å². The van der Waals surface area contributed by atoms with Gasteiger partial charge in [0, 0.05) is 18.7 Å². The lowest BCUT2D eigenvalue weighted by molar-refractivity contribution is 0.0937. The van der Waals surface area contributed by atoms with Crippen molar-refractivity contribution in [3.05, 3.63) is 22.8 Å².